The molecule has 226 valence electrons. The van der Waals surface area contributed by atoms with Crippen LogP contribution in [0.1, 0.15) is 74.9 Å². The molecule has 1 aromatic heterocycles. The van der Waals surface area contributed by atoms with Gasteiger partial charge in [-0.3, -0.25) is 14.8 Å². The summed E-state index contributed by atoms with van der Waals surface area (Å²) in [7, 11) is 1.76. The largest absolute Gasteiger partial charge is 0.462 e. The average Bonchev–Trinajstić information content (AvgIpc) is 3.10. The van der Waals surface area contributed by atoms with E-state index >= 15 is 0 Å². The maximum absolute atomic E-state index is 12.0. The number of aliphatic hydroxyl groups is 1. The molecular weight excluding hydrogens is 550 g/mol. The number of rotatable bonds is 9. The lowest BCUT2D eigenvalue weighted by Gasteiger charge is -2.18. The number of hydrogen-bond donors (Lipinski definition) is 1. The van der Waals surface area contributed by atoms with Crippen LogP contribution in [0.4, 0.5) is 5.69 Å². The van der Waals surface area contributed by atoms with Gasteiger partial charge in [0.05, 0.1) is 23.6 Å². The van der Waals surface area contributed by atoms with Gasteiger partial charge < -0.3 is 14.7 Å². The van der Waals surface area contributed by atoms with Crippen molar-refractivity contribution >= 4 is 34.9 Å². The predicted molar refractivity (Wildman–Crippen MR) is 172 cm³/mol. The smallest absolute Gasteiger partial charge is 0.339 e. The molecule has 4 rings (SSSR count). The van der Waals surface area contributed by atoms with Crippen molar-refractivity contribution in [1.82, 2.24) is 4.98 Å². The number of carbonyl (C=O) groups excluding carboxylic acids is 2. The zero-order valence-corrected chi connectivity index (χ0v) is 26.2. The number of anilines is 1. The molecule has 3 aromatic rings. The second kappa shape index (κ2) is 18.8. The van der Waals surface area contributed by atoms with Gasteiger partial charge in [-0.15, -0.1) is 0 Å². The van der Waals surface area contributed by atoms with Gasteiger partial charge in [0.25, 0.3) is 0 Å². The van der Waals surface area contributed by atoms with Gasteiger partial charge in [-0.2, -0.15) is 0 Å². The van der Waals surface area contributed by atoms with Gasteiger partial charge in [-0.25, -0.2) is 4.79 Å². The molecule has 2 heterocycles. The molecule has 1 N–H and O–H groups in total. The number of benzodiazepines with no additional fused rings is 1. The van der Waals surface area contributed by atoms with Gasteiger partial charge in [0.2, 0.25) is 5.91 Å². The van der Waals surface area contributed by atoms with Crippen LogP contribution >= 0.6 is 11.6 Å². The van der Waals surface area contributed by atoms with Crippen molar-refractivity contribution in [2.24, 2.45) is 16.8 Å². The molecule has 1 unspecified atom stereocenters. The number of carbonyl (C=O) groups is 2. The van der Waals surface area contributed by atoms with Crippen LogP contribution < -0.4 is 4.90 Å². The summed E-state index contributed by atoms with van der Waals surface area (Å²) in [5.74, 6) is 1.08. The molecule has 42 heavy (non-hydrogen) atoms. The standard InChI is InChI=1S/C16H13ClN2O.C16H25NO2.C2H6O/c1-19-14-8-7-12(17)9-13(14)16(18-10-15(19)20)11-5-3-2-4-6-11;1-13(2)6-4-7-14(3)9-11-19-16(18)15-8-5-10-17-12-15;1-2-3/h2-9H,10H2,1H3;5,8,10,12-14H,4,6-7,9,11H2,1-3H3;3H,2H2,1H3. The van der Waals surface area contributed by atoms with Crippen molar-refractivity contribution in [1.29, 1.82) is 0 Å². The third-order valence-corrected chi connectivity index (χ3v) is 6.82. The van der Waals surface area contributed by atoms with Crippen LogP contribution in [0.2, 0.25) is 5.02 Å². The van der Waals surface area contributed by atoms with Gasteiger partial charge >= 0.3 is 5.97 Å². The van der Waals surface area contributed by atoms with Crippen molar-refractivity contribution in [2.75, 3.05) is 31.7 Å². The van der Waals surface area contributed by atoms with E-state index in [4.69, 9.17) is 21.4 Å². The van der Waals surface area contributed by atoms with Crippen molar-refractivity contribution in [2.45, 2.75) is 53.4 Å². The highest BCUT2D eigenvalue weighted by Crippen LogP contribution is 2.28. The number of esters is 1. The van der Waals surface area contributed by atoms with Crippen molar-refractivity contribution in [3.63, 3.8) is 0 Å². The number of aromatic nitrogens is 1. The van der Waals surface area contributed by atoms with Crippen LogP contribution in [0.25, 0.3) is 0 Å². The fourth-order valence-corrected chi connectivity index (χ4v) is 4.42. The normalized spacial score (nSPS) is 13.0. The first-order chi connectivity index (χ1) is 20.2. The Morgan fingerprint density at radius 1 is 1.05 bits per heavy atom. The number of ether oxygens (including phenoxy) is 1. The SMILES string of the molecule is CC(C)CCCC(C)CCOC(=O)c1cccnc1.CCO.CN1C(=O)CN=C(c2ccccc2)c2cc(Cl)ccc21. The predicted octanol–water partition coefficient (Wildman–Crippen LogP) is 7.24. The number of pyridine rings is 1. The van der Waals surface area contributed by atoms with Crippen LogP contribution in [-0.2, 0) is 9.53 Å². The zero-order chi connectivity index (χ0) is 30.9. The van der Waals surface area contributed by atoms with Gasteiger partial charge in [0.15, 0.2) is 0 Å². The summed E-state index contributed by atoms with van der Waals surface area (Å²) in [6.07, 6.45) is 7.86. The minimum Gasteiger partial charge on any atom is -0.462 e. The third kappa shape index (κ3) is 11.7. The monoisotopic (exact) mass is 593 g/mol. The number of likely N-dealkylation sites (N-methyl/N-ethyl adjacent to an activating group) is 1. The Hall–Kier alpha value is -3.55. The highest BCUT2D eigenvalue weighted by atomic mass is 35.5. The molecule has 0 fully saturated rings. The van der Waals surface area contributed by atoms with Crippen molar-refractivity contribution in [3.05, 3.63) is 94.8 Å². The summed E-state index contributed by atoms with van der Waals surface area (Å²) in [4.78, 5) is 33.7. The van der Waals surface area contributed by atoms with E-state index in [-0.39, 0.29) is 25.0 Å². The molecule has 0 aliphatic carbocycles. The van der Waals surface area contributed by atoms with Crippen LogP contribution in [0.15, 0.2) is 78.0 Å². The Morgan fingerprint density at radius 3 is 2.40 bits per heavy atom. The highest BCUT2D eigenvalue weighted by molar-refractivity contribution is 6.32. The number of hydrogen-bond acceptors (Lipinski definition) is 6. The van der Waals surface area contributed by atoms with Crippen LogP contribution in [-0.4, -0.2) is 54.5 Å². The molecule has 1 aliphatic heterocycles. The van der Waals surface area contributed by atoms with E-state index in [9.17, 15) is 9.59 Å². The number of aliphatic hydroxyl groups excluding tert-OH is 1. The van der Waals surface area contributed by atoms with Crippen LogP contribution in [0.5, 0.6) is 0 Å². The van der Waals surface area contributed by atoms with Gasteiger partial charge in [-0.1, -0.05) is 82.0 Å². The van der Waals surface area contributed by atoms with E-state index < -0.39 is 0 Å². The topological polar surface area (TPSA) is 92.1 Å². The molecule has 0 saturated carbocycles. The molecule has 1 aliphatic rings. The number of halogens is 1. The summed E-state index contributed by atoms with van der Waals surface area (Å²) >= 11 is 6.11. The third-order valence-electron chi connectivity index (χ3n) is 6.59. The highest BCUT2D eigenvalue weighted by Gasteiger charge is 2.22. The minimum absolute atomic E-state index is 0.0282. The minimum atomic E-state index is -0.275. The van der Waals surface area contributed by atoms with Crippen LogP contribution in [0.3, 0.4) is 0 Å². The van der Waals surface area contributed by atoms with Crippen LogP contribution in [0, 0.1) is 11.8 Å². The summed E-state index contributed by atoms with van der Waals surface area (Å²) < 4.78 is 5.25. The summed E-state index contributed by atoms with van der Waals surface area (Å²) in [5, 5.41) is 8.20. The van der Waals surface area contributed by atoms with Gasteiger partial charge in [0.1, 0.15) is 6.54 Å². The summed E-state index contributed by atoms with van der Waals surface area (Å²) in [6, 6.07) is 18.8. The lowest BCUT2D eigenvalue weighted by atomic mass is 9.98. The molecule has 7 nitrogen and oxygen atoms in total. The fourth-order valence-electron chi connectivity index (χ4n) is 4.24. The second-order valence-corrected chi connectivity index (χ2v) is 11.0. The van der Waals surface area contributed by atoms with Crippen molar-refractivity contribution in [3.8, 4) is 0 Å². The maximum atomic E-state index is 12.0. The Balaban J connectivity index is 0.000000269. The first-order valence-corrected chi connectivity index (χ1v) is 14.9. The fraction of sp³-hybridized carbons (Fsp3) is 0.412. The number of benzene rings is 2. The number of amides is 1. The molecule has 0 saturated heterocycles. The summed E-state index contributed by atoms with van der Waals surface area (Å²) in [6.45, 7) is 9.29. The Bertz CT molecular complexity index is 1270. The molecular formula is C34H44ClN3O4. The molecule has 1 amide bonds. The lowest BCUT2D eigenvalue weighted by molar-refractivity contribution is -0.116. The number of fused-ring (bicyclic) bond motifs is 1. The van der Waals surface area contributed by atoms with E-state index in [1.165, 1.54) is 25.5 Å². The number of aliphatic imine (C=N–C) groups is 1. The second-order valence-electron chi connectivity index (χ2n) is 10.6. The van der Waals surface area contributed by atoms with Gasteiger partial charge in [0, 0.05) is 42.2 Å². The molecule has 0 radical (unpaired) electrons. The Kier molecular flexibility index (Phi) is 15.5. The lowest BCUT2D eigenvalue weighted by Crippen LogP contribution is -2.27. The Morgan fingerprint density at radius 2 is 1.76 bits per heavy atom. The Labute approximate surface area is 255 Å². The molecule has 1 atom stereocenters. The maximum Gasteiger partial charge on any atom is 0.339 e. The van der Waals surface area contributed by atoms with E-state index in [2.05, 4.69) is 30.7 Å². The first kappa shape index (κ1) is 34.7. The summed E-state index contributed by atoms with van der Waals surface area (Å²) in [5.41, 5.74) is 4.03. The number of nitrogens with zero attached hydrogens (tertiary/aromatic N) is 3. The van der Waals surface area contributed by atoms with E-state index in [0.717, 1.165) is 34.9 Å². The first-order valence-electron chi connectivity index (χ1n) is 14.5. The molecule has 0 spiro atoms. The zero-order valence-electron chi connectivity index (χ0n) is 25.4. The van der Waals surface area contributed by atoms with Gasteiger partial charge in [-0.05, 0) is 55.5 Å². The van der Waals surface area contributed by atoms with E-state index in [1.54, 1.807) is 43.3 Å². The molecule has 8 heteroatoms. The van der Waals surface area contributed by atoms with Crippen molar-refractivity contribution < 1.29 is 19.4 Å². The quantitative estimate of drug-likeness (QED) is 0.264. The van der Waals surface area contributed by atoms with E-state index in [1.807, 2.05) is 42.5 Å². The molecule has 0 bridgehead atoms. The average molecular weight is 594 g/mol. The van der Waals surface area contributed by atoms with E-state index in [0.29, 0.717) is 23.1 Å². The molecule has 2 aromatic carbocycles.